The Kier molecular flexibility index (Phi) is 6.95. The molecule has 0 radical (unpaired) electrons. The maximum atomic E-state index is 11.7. The van der Waals surface area contributed by atoms with Gasteiger partial charge in [-0.05, 0) is 80.1 Å². The smallest absolute Gasteiger partial charge is 0.207 e. The molecular formula is C22H25N3O3S3. The van der Waals surface area contributed by atoms with E-state index in [0.717, 1.165) is 54.0 Å². The van der Waals surface area contributed by atoms with E-state index in [1.54, 1.807) is 23.9 Å². The quantitative estimate of drug-likeness (QED) is 0.508. The Balaban J connectivity index is 1.58. The van der Waals surface area contributed by atoms with Gasteiger partial charge in [0.2, 0.25) is 5.13 Å². The number of benzene rings is 2. The summed E-state index contributed by atoms with van der Waals surface area (Å²) in [6.07, 6.45) is 4.35. The number of ether oxygens (including phenoxy) is 1. The number of nitrogens with zero attached hydrogens (tertiary/aromatic N) is 2. The second kappa shape index (κ2) is 9.68. The van der Waals surface area contributed by atoms with Crippen molar-refractivity contribution >= 4 is 44.0 Å². The molecule has 3 aromatic rings. The number of aryl methyl sites for hydroxylation is 1. The van der Waals surface area contributed by atoms with Crippen LogP contribution in [0, 0.1) is 12.8 Å². The van der Waals surface area contributed by atoms with E-state index in [0.29, 0.717) is 10.8 Å². The molecule has 0 spiro atoms. The zero-order valence-corrected chi connectivity index (χ0v) is 19.9. The van der Waals surface area contributed by atoms with Crippen LogP contribution in [0.4, 0.5) is 10.8 Å². The van der Waals surface area contributed by atoms with E-state index in [-0.39, 0.29) is 0 Å². The molecule has 0 bridgehead atoms. The highest BCUT2D eigenvalue weighted by atomic mass is 32.2. The van der Waals surface area contributed by atoms with Crippen LogP contribution in [0.15, 0.2) is 57.2 Å². The predicted molar refractivity (Wildman–Crippen MR) is 125 cm³/mol. The Morgan fingerprint density at radius 1 is 1.16 bits per heavy atom. The number of hydrogen-bond acceptors (Lipinski definition) is 8. The third-order valence-electron chi connectivity index (χ3n) is 5.17. The van der Waals surface area contributed by atoms with Crippen molar-refractivity contribution in [3.8, 4) is 0 Å². The van der Waals surface area contributed by atoms with Crippen molar-refractivity contribution in [2.24, 2.45) is 5.92 Å². The minimum Gasteiger partial charge on any atom is -0.381 e. The number of aromatic nitrogens is 2. The van der Waals surface area contributed by atoms with Crippen molar-refractivity contribution in [2.75, 3.05) is 24.8 Å². The van der Waals surface area contributed by atoms with E-state index in [9.17, 15) is 8.42 Å². The topological polar surface area (TPSA) is 81.2 Å². The van der Waals surface area contributed by atoms with Gasteiger partial charge in [-0.2, -0.15) is 4.37 Å². The summed E-state index contributed by atoms with van der Waals surface area (Å²) in [7, 11) is -3.19. The number of rotatable bonds is 7. The first kappa shape index (κ1) is 22.3. The molecule has 2 heterocycles. The van der Waals surface area contributed by atoms with Gasteiger partial charge >= 0.3 is 0 Å². The lowest BCUT2D eigenvalue weighted by Gasteiger charge is -2.23. The molecule has 1 saturated heterocycles. The van der Waals surface area contributed by atoms with Crippen LogP contribution in [0.3, 0.4) is 0 Å². The van der Waals surface area contributed by atoms with Gasteiger partial charge in [-0.1, -0.05) is 11.8 Å². The normalized spacial score (nSPS) is 15.2. The molecule has 0 atom stereocenters. The number of sulfone groups is 1. The van der Waals surface area contributed by atoms with Gasteiger partial charge in [0.05, 0.1) is 4.90 Å². The van der Waals surface area contributed by atoms with Crippen molar-refractivity contribution in [1.29, 1.82) is 0 Å². The Morgan fingerprint density at radius 3 is 2.55 bits per heavy atom. The maximum Gasteiger partial charge on any atom is 0.207 e. The first-order valence-electron chi connectivity index (χ1n) is 10.1. The Bertz CT molecular complexity index is 1140. The standard InChI is InChI=1S/C22H25N3O3S3/c1-15-23-22(30-25-15)24-18-3-8-21(17(14-18)13-16-9-11-28-12-10-16)29-19-4-6-20(7-5-19)31(2,26)27/h3-8,14,16H,9-13H2,1-2H3,(H,23,24,25). The highest BCUT2D eigenvalue weighted by molar-refractivity contribution is 7.99. The average Bonchev–Trinajstić information content (AvgIpc) is 3.15. The fourth-order valence-corrected chi connectivity index (χ4v) is 5.69. The molecule has 0 amide bonds. The van der Waals surface area contributed by atoms with Gasteiger partial charge in [-0.25, -0.2) is 13.4 Å². The van der Waals surface area contributed by atoms with Crippen LogP contribution in [0.5, 0.6) is 0 Å². The first-order chi connectivity index (χ1) is 14.9. The molecule has 9 heteroatoms. The van der Waals surface area contributed by atoms with E-state index in [1.165, 1.54) is 28.2 Å². The Labute approximate surface area is 191 Å². The largest absolute Gasteiger partial charge is 0.381 e. The number of anilines is 2. The molecule has 164 valence electrons. The summed E-state index contributed by atoms with van der Waals surface area (Å²) < 4.78 is 33.2. The van der Waals surface area contributed by atoms with Crippen LogP contribution >= 0.6 is 23.3 Å². The van der Waals surface area contributed by atoms with E-state index < -0.39 is 9.84 Å². The van der Waals surface area contributed by atoms with Gasteiger partial charge in [0.15, 0.2) is 9.84 Å². The van der Waals surface area contributed by atoms with Crippen molar-refractivity contribution in [3.63, 3.8) is 0 Å². The molecular weight excluding hydrogens is 450 g/mol. The Hall–Kier alpha value is -1.94. The SMILES string of the molecule is Cc1nsc(Nc2ccc(Sc3ccc(S(C)(=O)=O)cc3)c(CC3CCOCC3)c2)n1. The van der Waals surface area contributed by atoms with E-state index in [1.807, 2.05) is 19.1 Å². The monoisotopic (exact) mass is 475 g/mol. The second-order valence-electron chi connectivity index (χ2n) is 7.70. The number of nitrogens with one attached hydrogen (secondary N) is 1. The molecule has 1 aliphatic rings. The molecule has 1 N–H and O–H groups in total. The minimum absolute atomic E-state index is 0.339. The zero-order chi connectivity index (χ0) is 21.8. The van der Waals surface area contributed by atoms with E-state index >= 15 is 0 Å². The van der Waals surface area contributed by atoms with Crippen LogP contribution in [-0.2, 0) is 21.0 Å². The maximum absolute atomic E-state index is 11.7. The molecule has 6 nitrogen and oxygen atoms in total. The molecule has 1 aromatic heterocycles. The molecule has 4 rings (SSSR count). The Morgan fingerprint density at radius 2 is 1.90 bits per heavy atom. The summed E-state index contributed by atoms with van der Waals surface area (Å²) in [6, 6.07) is 13.5. The molecule has 0 aliphatic carbocycles. The molecule has 1 aliphatic heterocycles. The van der Waals surface area contributed by atoms with Gasteiger partial charge in [-0.15, -0.1) is 0 Å². The third kappa shape index (κ3) is 6.06. The molecule has 2 aromatic carbocycles. The van der Waals surface area contributed by atoms with Crippen molar-refractivity contribution in [2.45, 2.75) is 40.9 Å². The first-order valence-corrected chi connectivity index (χ1v) is 13.6. The van der Waals surface area contributed by atoms with Gasteiger partial charge in [0.25, 0.3) is 0 Å². The molecule has 0 unspecified atom stereocenters. The molecule has 0 saturated carbocycles. The molecule has 1 fully saturated rings. The lowest BCUT2D eigenvalue weighted by atomic mass is 9.92. The van der Waals surface area contributed by atoms with Gasteiger partial charge in [-0.3, -0.25) is 0 Å². The highest BCUT2D eigenvalue weighted by Gasteiger charge is 2.17. The van der Waals surface area contributed by atoms with E-state index in [2.05, 4.69) is 32.9 Å². The fraction of sp³-hybridized carbons (Fsp3) is 0.364. The summed E-state index contributed by atoms with van der Waals surface area (Å²) in [5, 5.41) is 4.15. The van der Waals surface area contributed by atoms with Crippen LogP contribution in [-0.4, -0.2) is 37.2 Å². The summed E-state index contributed by atoms with van der Waals surface area (Å²) >= 11 is 3.01. The van der Waals surface area contributed by atoms with Gasteiger partial charge < -0.3 is 10.1 Å². The summed E-state index contributed by atoms with van der Waals surface area (Å²) in [6.45, 7) is 3.53. The minimum atomic E-state index is -3.19. The van der Waals surface area contributed by atoms with Crippen molar-refractivity contribution in [3.05, 3.63) is 53.9 Å². The van der Waals surface area contributed by atoms with Gasteiger partial charge in [0.1, 0.15) is 5.82 Å². The second-order valence-corrected chi connectivity index (χ2v) is 11.6. The average molecular weight is 476 g/mol. The van der Waals surface area contributed by atoms with Crippen LogP contribution in [0.2, 0.25) is 0 Å². The van der Waals surface area contributed by atoms with Crippen LogP contribution in [0.25, 0.3) is 0 Å². The number of hydrogen-bond donors (Lipinski definition) is 1. The lowest BCUT2D eigenvalue weighted by molar-refractivity contribution is 0.0664. The van der Waals surface area contributed by atoms with Crippen LogP contribution in [0.1, 0.15) is 24.2 Å². The van der Waals surface area contributed by atoms with E-state index in [4.69, 9.17) is 4.74 Å². The summed E-state index contributed by atoms with van der Waals surface area (Å²) in [4.78, 5) is 6.93. The van der Waals surface area contributed by atoms with Gasteiger partial charge in [0, 0.05) is 46.5 Å². The zero-order valence-electron chi connectivity index (χ0n) is 17.5. The summed E-state index contributed by atoms with van der Waals surface area (Å²) in [5.74, 6) is 1.36. The van der Waals surface area contributed by atoms with Crippen LogP contribution < -0.4 is 5.32 Å². The third-order valence-corrected chi connectivity index (χ3v) is 8.14. The highest BCUT2D eigenvalue weighted by Crippen LogP contribution is 2.35. The predicted octanol–water partition coefficient (Wildman–Crippen LogP) is 5.11. The summed E-state index contributed by atoms with van der Waals surface area (Å²) in [5.41, 5.74) is 2.27. The van der Waals surface area contributed by atoms with Crippen molar-refractivity contribution in [1.82, 2.24) is 9.36 Å². The lowest BCUT2D eigenvalue weighted by Crippen LogP contribution is -2.17. The molecule has 31 heavy (non-hydrogen) atoms. The van der Waals surface area contributed by atoms with Crippen molar-refractivity contribution < 1.29 is 13.2 Å². The fourth-order valence-electron chi connectivity index (χ4n) is 3.53.